The molecule has 1 aliphatic heterocycles. The van der Waals surface area contributed by atoms with Crippen LogP contribution < -0.4 is 10.2 Å². The maximum absolute atomic E-state index is 12.7. The first-order chi connectivity index (χ1) is 17.2. The molecule has 5 rings (SSSR count). The van der Waals surface area contributed by atoms with E-state index in [1.807, 2.05) is 35.1 Å². The number of amides is 1. The Balaban J connectivity index is 1.29. The average molecular weight is 491 g/mol. The first-order valence-electron chi connectivity index (χ1n) is 12.2. The van der Waals surface area contributed by atoms with Crippen molar-refractivity contribution in [2.75, 3.05) is 43.5 Å². The van der Waals surface area contributed by atoms with E-state index in [0.717, 1.165) is 63.6 Å². The molecule has 0 unspecified atom stereocenters. The fourth-order valence-electron chi connectivity index (χ4n) is 4.34. The quantitative estimate of drug-likeness (QED) is 0.283. The Kier molecular flexibility index (Phi) is 7.44. The first kappa shape index (κ1) is 23.6. The van der Waals surface area contributed by atoms with Crippen LogP contribution in [0.2, 0.25) is 0 Å². The molecule has 2 aromatic carbocycles. The molecule has 35 heavy (non-hydrogen) atoms. The lowest BCUT2D eigenvalue weighted by Crippen LogP contribution is -2.37. The van der Waals surface area contributed by atoms with Gasteiger partial charge in [-0.05, 0) is 22.8 Å². The van der Waals surface area contributed by atoms with Crippen LogP contribution in [0.1, 0.15) is 18.9 Å². The van der Waals surface area contributed by atoms with Gasteiger partial charge in [0.1, 0.15) is 5.82 Å². The van der Waals surface area contributed by atoms with Crippen molar-refractivity contribution in [2.45, 2.75) is 31.5 Å². The SMILES string of the molecule is CCCSc1nc(N2CCOCC2)c2cnn(CCNC(=O)Cc3cccc4ccccc34)c2n1. The van der Waals surface area contributed by atoms with Gasteiger partial charge in [-0.25, -0.2) is 14.6 Å². The molecule has 0 saturated carbocycles. The van der Waals surface area contributed by atoms with Gasteiger partial charge in [-0.3, -0.25) is 4.79 Å². The number of hydrogen-bond acceptors (Lipinski definition) is 7. The highest BCUT2D eigenvalue weighted by Crippen LogP contribution is 2.28. The summed E-state index contributed by atoms with van der Waals surface area (Å²) in [6.07, 6.45) is 3.25. The predicted molar refractivity (Wildman–Crippen MR) is 140 cm³/mol. The topological polar surface area (TPSA) is 85.2 Å². The zero-order chi connectivity index (χ0) is 24.0. The summed E-state index contributed by atoms with van der Waals surface area (Å²) in [5, 5.41) is 11.6. The van der Waals surface area contributed by atoms with Gasteiger partial charge in [-0.15, -0.1) is 0 Å². The molecular formula is C26H30N6O2S. The van der Waals surface area contributed by atoms with Gasteiger partial charge in [-0.2, -0.15) is 5.10 Å². The van der Waals surface area contributed by atoms with Gasteiger partial charge >= 0.3 is 0 Å². The Labute approximate surface area is 209 Å². The molecule has 1 fully saturated rings. The zero-order valence-electron chi connectivity index (χ0n) is 19.9. The average Bonchev–Trinajstić information content (AvgIpc) is 3.30. The summed E-state index contributed by atoms with van der Waals surface area (Å²) in [6.45, 7) is 6.18. The lowest BCUT2D eigenvalue weighted by atomic mass is 10.0. The van der Waals surface area contributed by atoms with Gasteiger partial charge in [0.15, 0.2) is 10.8 Å². The van der Waals surface area contributed by atoms with Crippen molar-refractivity contribution in [1.82, 2.24) is 25.1 Å². The minimum atomic E-state index is 0.000590. The van der Waals surface area contributed by atoms with Crippen LogP contribution in [-0.4, -0.2) is 64.3 Å². The van der Waals surface area contributed by atoms with Crippen molar-refractivity contribution >= 4 is 45.3 Å². The third kappa shape index (κ3) is 5.41. The molecular weight excluding hydrogens is 460 g/mol. The molecule has 0 aliphatic carbocycles. The highest BCUT2D eigenvalue weighted by atomic mass is 32.2. The minimum Gasteiger partial charge on any atom is -0.378 e. The Bertz CT molecular complexity index is 1310. The monoisotopic (exact) mass is 490 g/mol. The normalized spacial score (nSPS) is 14.0. The van der Waals surface area contributed by atoms with E-state index in [2.05, 4.69) is 40.4 Å². The van der Waals surface area contributed by atoms with E-state index in [4.69, 9.17) is 14.7 Å². The second-order valence-corrected chi connectivity index (χ2v) is 9.61. The third-order valence-electron chi connectivity index (χ3n) is 6.08. The molecule has 1 saturated heterocycles. The summed E-state index contributed by atoms with van der Waals surface area (Å²) in [4.78, 5) is 24.6. The van der Waals surface area contributed by atoms with Crippen LogP contribution in [0.3, 0.4) is 0 Å². The Morgan fingerprint density at radius 1 is 1.09 bits per heavy atom. The lowest BCUT2D eigenvalue weighted by Gasteiger charge is -2.28. The maximum Gasteiger partial charge on any atom is 0.224 e. The Hall–Kier alpha value is -3.17. The summed E-state index contributed by atoms with van der Waals surface area (Å²) in [6, 6.07) is 14.2. The predicted octanol–water partition coefficient (Wildman–Crippen LogP) is 3.68. The van der Waals surface area contributed by atoms with E-state index in [9.17, 15) is 4.79 Å². The van der Waals surface area contributed by atoms with Crippen molar-refractivity contribution in [3.05, 3.63) is 54.2 Å². The smallest absolute Gasteiger partial charge is 0.224 e. The number of carbonyl (C=O) groups is 1. The lowest BCUT2D eigenvalue weighted by molar-refractivity contribution is -0.120. The van der Waals surface area contributed by atoms with Crippen LogP contribution in [0, 0.1) is 0 Å². The highest BCUT2D eigenvalue weighted by molar-refractivity contribution is 7.99. The number of nitrogens with one attached hydrogen (secondary N) is 1. The van der Waals surface area contributed by atoms with Crippen molar-refractivity contribution in [2.24, 2.45) is 0 Å². The second kappa shape index (κ2) is 11.0. The van der Waals surface area contributed by atoms with E-state index in [1.165, 1.54) is 0 Å². The molecule has 8 nitrogen and oxygen atoms in total. The van der Waals surface area contributed by atoms with Crippen molar-refractivity contribution in [3.63, 3.8) is 0 Å². The van der Waals surface area contributed by atoms with E-state index in [-0.39, 0.29) is 5.91 Å². The molecule has 182 valence electrons. The summed E-state index contributed by atoms with van der Waals surface area (Å²) < 4.78 is 7.39. The number of nitrogens with zero attached hydrogens (tertiary/aromatic N) is 5. The van der Waals surface area contributed by atoms with Crippen molar-refractivity contribution in [1.29, 1.82) is 0 Å². The van der Waals surface area contributed by atoms with Gasteiger partial charge in [0, 0.05) is 25.4 Å². The number of benzene rings is 2. The molecule has 0 bridgehead atoms. The van der Waals surface area contributed by atoms with Gasteiger partial charge in [0.05, 0.1) is 37.8 Å². The van der Waals surface area contributed by atoms with Gasteiger partial charge in [-0.1, -0.05) is 61.2 Å². The highest BCUT2D eigenvalue weighted by Gasteiger charge is 2.20. The molecule has 1 aliphatic rings. The van der Waals surface area contributed by atoms with E-state index in [1.54, 1.807) is 11.8 Å². The van der Waals surface area contributed by atoms with Crippen LogP contribution in [0.4, 0.5) is 5.82 Å². The van der Waals surface area contributed by atoms with Crippen molar-refractivity contribution < 1.29 is 9.53 Å². The number of aromatic nitrogens is 4. The van der Waals surface area contributed by atoms with Crippen LogP contribution in [0.25, 0.3) is 21.8 Å². The van der Waals surface area contributed by atoms with E-state index < -0.39 is 0 Å². The minimum absolute atomic E-state index is 0.000590. The molecule has 0 spiro atoms. The fourth-order valence-corrected chi connectivity index (χ4v) is 5.03. The number of morpholine rings is 1. The zero-order valence-corrected chi connectivity index (χ0v) is 20.8. The van der Waals surface area contributed by atoms with Gasteiger partial charge < -0.3 is 15.0 Å². The fraction of sp³-hybridized carbons (Fsp3) is 0.385. The van der Waals surface area contributed by atoms with Crippen LogP contribution >= 0.6 is 11.8 Å². The Morgan fingerprint density at radius 3 is 2.77 bits per heavy atom. The molecule has 1 N–H and O–H groups in total. The number of hydrogen-bond donors (Lipinski definition) is 1. The number of rotatable bonds is 9. The largest absolute Gasteiger partial charge is 0.378 e. The standard InChI is InChI=1S/C26H30N6O2S/c1-2-16-35-26-29-24(31-12-14-34-15-13-31)22-18-28-32(25(22)30-26)11-10-27-23(33)17-20-8-5-7-19-6-3-4-9-21(19)20/h3-9,18H,2,10-17H2,1H3,(H,27,33). The molecule has 0 atom stereocenters. The molecule has 1 amide bonds. The molecule has 9 heteroatoms. The Morgan fingerprint density at radius 2 is 1.91 bits per heavy atom. The van der Waals surface area contributed by atoms with E-state index in [0.29, 0.717) is 32.7 Å². The number of carbonyl (C=O) groups excluding carboxylic acids is 1. The summed E-state index contributed by atoms with van der Waals surface area (Å²) in [7, 11) is 0. The van der Waals surface area contributed by atoms with Gasteiger partial charge in [0.25, 0.3) is 0 Å². The molecule has 0 radical (unpaired) electrons. The van der Waals surface area contributed by atoms with Crippen molar-refractivity contribution in [3.8, 4) is 0 Å². The summed E-state index contributed by atoms with van der Waals surface area (Å²) >= 11 is 1.67. The second-order valence-electron chi connectivity index (χ2n) is 8.55. The van der Waals surface area contributed by atoms with Gasteiger partial charge in [0.2, 0.25) is 5.91 Å². The summed E-state index contributed by atoms with van der Waals surface area (Å²) in [5.74, 6) is 1.88. The molecule has 2 aromatic heterocycles. The van der Waals surface area contributed by atoms with Crippen LogP contribution in [-0.2, 0) is 22.5 Å². The number of thioether (sulfide) groups is 1. The van der Waals surface area contributed by atoms with Crippen LogP contribution in [0.5, 0.6) is 0 Å². The third-order valence-corrected chi connectivity index (χ3v) is 7.13. The van der Waals surface area contributed by atoms with Crippen LogP contribution in [0.15, 0.2) is 53.8 Å². The maximum atomic E-state index is 12.7. The first-order valence-corrected chi connectivity index (χ1v) is 13.1. The molecule has 4 aromatic rings. The molecule has 3 heterocycles. The number of anilines is 1. The van der Waals surface area contributed by atoms with E-state index >= 15 is 0 Å². The number of ether oxygens (including phenoxy) is 1. The summed E-state index contributed by atoms with van der Waals surface area (Å²) in [5.41, 5.74) is 1.84. The number of fused-ring (bicyclic) bond motifs is 2.